The number of carbonyl (C=O) groups excluding carboxylic acids is 1. The van der Waals surface area contributed by atoms with Crippen molar-refractivity contribution in [1.82, 2.24) is 4.57 Å². The van der Waals surface area contributed by atoms with E-state index in [1.807, 2.05) is 18.2 Å². The van der Waals surface area contributed by atoms with E-state index in [1.54, 1.807) is 49.5 Å². The fourth-order valence-corrected chi connectivity index (χ4v) is 2.69. The molecule has 1 heterocycles. The number of halogens is 1. The molecule has 1 aromatic heterocycles. The summed E-state index contributed by atoms with van der Waals surface area (Å²) in [7, 11) is 0. The highest BCUT2D eigenvalue weighted by Crippen LogP contribution is 2.18. The molecular weight excluding hydrogens is 298 g/mol. The van der Waals surface area contributed by atoms with Crippen LogP contribution in [0.3, 0.4) is 0 Å². The van der Waals surface area contributed by atoms with Crippen molar-refractivity contribution in [2.24, 2.45) is 0 Å². The van der Waals surface area contributed by atoms with Crippen molar-refractivity contribution in [3.63, 3.8) is 0 Å². The first-order chi connectivity index (χ1) is 10.6. The monoisotopic (exact) mass is 311 g/mol. The van der Waals surface area contributed by atoms with E-state index in [0.29, 0.717) is 16.0 Å². The Morgan fingerprint density at radius 3 is 2.55 bits per heavy atom. The van der Waals surface area contributed by atoms with Crippen LogP contribution in [0.5, 0.6) is 0 Å². The molecule has 0 bridgehead atoms. The smallest absolute Gasteiger partial charge is 0.259 e. The molecule has 1 atom stereocenters. The number of Topliss-reactive ketones (excluding diaryl/α,β-unsaturated/α-hetero) is 1. The zero-order chi connectivity index (χ0) is 15.7. The lowest BCUT2D eigenvalue weighted by Crippen LogP contribution is -2.27. The lowest BCUT2D eigenvalue weighted by Gasteiger charge is -2.15. The number of fused-ring (bicyclic) bond motifs is 1. The van der Waals surface area contributed by atoms with Gasteiger partial charge in [-0.25, -0.2) is 0 Å². The van der Waals surface area contributed by atoms with Gasteiger partial charge in [-0.2, -0.15) is 0 Å². The lowest BCUT2D eigenvalue weighted by atomic mass is 10.0. The maximum Gasteiger partial charge on any atom is 0.259 e. The maximum absolute atomic E-state index is 12.6. The summed E-state index contributed by atoms with van der Waals surface area (Å²) < 4.78 is 1.46. The van der Waals surface area contributed by atoms with Gasteiger partial charge in [0.2, 0.25) is 0 Å². The van der Waals surface area contributed by atoms with Crippen molar-refractivity contribution in [3.8, 4) is 0 Å². The average molecular weight is 312 g/mol. The Kier molecular flexibility index (Phi) is 3.82. The molecule has 0 fully saturated rings. The molecule has 0 saturated heterocycles. The van der Waals surface area contributed by atoms with Gasteiger partial charge in [0.25, 0.3) is 5.56 Å². The molecule has 0 amide bonds. The molecule has 0 saturated carbocycles. The van der Waals surface area contributed by atoms with E-state index >= 15 is 0 Å². The second kappa shape index (κ2) is 5.78. The number of nitrogens with zero attached hydrogens (tertiary/aromatic N) is 1. The molecule has 0 aliphatic rings. The number of hydrogen-bond acceptors (Lipinski definition) is 2. The molecule has 0 aliphatic carbocycles. The minimum atomic E-state index is -0.560. The van der Waals surface area contributed by atoms with Gasteiger partial charge in [0.1, 0.15) is 0 Å². The molecule has 4 heteroatoms. The second-order valence-electron chi connectivity index (χ2n) is 5.17. The molecule has 0 N–H and O–H groups in total. The van der Waals surface area contributed by atoms with Gasteiger partial charge in [0, 0.05) is 22.2 Å². The predicted octanol–water partition coefficient (Wildman–Crippen LogP) is 4.10. The molecule has 0 unspecified atom stereocenters. The topological polar surface area (TPSA) is 39.1 Å². The van der Waals surface area contributed by atoms with Gasteiger partial charge in [-0.1, -0.05) is 41.9 Å². The minimum Gasteiger partial charge on any atom is -0.304 e. The quantitative estimate of drug-likeness (QED) is 0.683. The van der Waals surface area contributed by atoms with Crippen LogP contribution in [0.1, 0.15) is 23.3 Å². The molecule has 0 spiro atoms. The van der Waals surface area contributed by atoms with Crippen LogP contribution < -0.4 is 5.56 Å². The Bertz CT molecular complexity index is 900. The summed E-state index contributed by atoms with van der Waals surface area (Å²) in [5.74, 6) is -0.0870. The van der Waals surface area contributed by atoms with Crippen molar-refractivity contribution >= 4 is 28.2 Å². The Balaban J connectivity index is 2.07. The standard InChI is InChI=1S/C18H14ClNO2/c1-12(17(21)13-5-3-2-4-6-13)20-10-9-14-11-15(19)7-8-16(14)18(20)22/h2-12H,1H3/t12-/m1/s1. The highest BCUT2D eigenvalue weighted by Gasteiger charge is 2.18. The summed E-state index contributed by atoms with van der Waals surface area (Å²) in [6.45, 7) is 1.73. The van der Waals surface area contributed by atoms with Crippen molar-refractivity contribution in [1.29, 1.82) is 0 Å². The summed E-state index contributed by atoms with van der Waals surface area (Å²) >= 11 is 5.94. The number of rotatable bonds is 3. The Morgan fingerprint density at radius 2 is 1.82 bits per heavy atom. The zero-order valence-corrected chi connectivity index (χ0v) is 12.7. The summed E-state index contributed by atoms with van der Waals surface area (Å²) in [6.07, 6.45) is 1.65. The molecule has 3 rings (SSSR count). The fourth-order valence-electron chi connectivity index (χ4n) is 2.51. The third-order valence-electron chi connectivity index (χ3n) is 3.75. The summed E-state index contributed by atoms with van der Waals surface area (Å²) in [5, 5.41) is 1.91. The average Bonchev–Trinajstić information content (AvgIpc) is 2.54. The van der Waals surface area contributed by atoms with Crippen molar-refractivity contribution in [3.05, 3.63) is 81.7 Å². The highest BCUT2D eigenvalue weighted by atomic mass is 35.5. The number of hydrogen-bond donors (Lipinski definition) is 0. The first-order valence-electron chi connectivity index (χ1n) is 6.97. The maximum atomic E-state index is 12.6. The summed E-state index contributed by atoms with van der Waals surface area (Å²) in [5.41, 5.74) is 0.407. The number of ketones is 1. The lowest BCUT2D eigenvalue weighted by molar-refractivity contribution is 0.0933. The SMILES string of the molecule is C[C@H](C(=O)c1ccccc1)n1ccc2cc(Cl)ccc2c1=O. The molecule has 110 valence electrons. The Morgan fingerprint density at radius 1 is 1.09 bits per heavy atom. The van der Waals surface area contributed by atoms with Crippen LogP contribution >= 0.6 is 11.6 Å². The van der Waals surface area contributed by atoms with Crippen LogP contribution in [0, 0.1) is 0 Å². The molecule has 0 aliphatic heterocycles. The molecule has 22 heavy (non-hydrogen) atoms. The van der Waals surface area contributed by atoms with Crippen molar-refractivity contribution in [2.45, 2.75) is 13.0 Å². The van der Waals surface area contributed by atoms with Crippen LogP contribution in [0.25, 0.3) is 10.8 Å². The Hall–Kier alpha value is -2.39. The minimum absolute atomic E-state index is 0.0870. The Labute approximate surface area is 132 Å². The predicted molar refractivity (Wildman–Crippen MR) is 88.7 cm³/mol. The van der Waals surface area contributed by atoms with Crippen LogP contribution in [0.4, 0.5) is 0 Å². The van der Waals surface area contributed by atoms with E-state index in [2.05, 4.69) is 0 Å². The first-order valence-corrected chi connectivity index (χ1v) is 7.35. The molecule has 3 aromatic rings. The van der Waals surface area contributed by atoms with E-state index in [9.17, 15) is 9.59 Å². The van der Waals surface area contributed by atoms with Gasteiger partial charge < -0.3 is 4.57 Å². The van der Waals surface area contributed by atoms with E-state index < -0.39 is 6.04 Å². The van der Waals surface area contributed by atoms with Crippen molar-refractivity contribution < 1.29 is 4.79 Å². The highest BCUT2D eigenvalue weighted by molar-refractivity contribution is 6.31. The number of pyridine rings is 1. The first kappa shape index (κ1) is 14.5. The summed E-state index contributed by atoms with van der Waals surface area (Å²) in [4.78, 5) is 25.1. The van der Waals surface area contributed by atoms with E-state index in [-0.39, 0.29) is 11.3 Å². The normalized spacial score (nSPS) is 12.3. The van der Waals surface area contributed by atoms with Crippen LogP contribution in [-0.4, -0.2) is 10.4 Å². The van der Waals surface area contributed by atoms with E-state index in [0.717, 1.165) is 5.39 Å². The van der Waals surface area contributed by atoms with Crippen LogP contribution in [0.15, 0.2) is 65.6 Å². The number of carbonyl (C=O) groups is 1. The zero-order valence-electron chi connectivity index (χ0n) is 12.0. The van der Waals surface area contributed by atoms with E-state index in [1.165, 1.54) is 4.57 Å². The van der Waals surface area contributed by atoms with Gasteiger partial charge in [-0.05, 0) is 36.6 Å². The van der Waals surface area contributed by atoms with Gasteiger partial charge >= 0.3 is 0 Å². The van der Waals surface area contributed by atoms with Gasteiger partial charge in [-0.15, -0.1) is 0 Å². The van der Waals surface area contributed by atoms with Gasteiger partial charge in [-0.3, -0.25) is 9.59 Å². The largest absolute Gasteiger partial charge is 0.304 e. The number of aromatic nitrogens is 1. The third kappa shape index (κ3) is 2.55. The van der Waals surface area contributed by atoms with Crippen LogP contribution in [0.2, 0.25) is 5.02 Å². The molecule has 0 radical (unpaired) electrons. The second-order valence-corrected chi connectivity index (χ2v) is 5.60. The molecular formula is C18H14ClNO2. The van der Waals surface area contributed by atoms with Crippen LogP contribution in [-0.2, 0) is 0 Å². The third-order valence-corrected chi connectivity index (χ3v) is 3.98. The molecule has 3 nitrogen and oxygen atoms in total. The van der Waals surface area contributed by atoms with Gasteiger partial charge in [0.05, 0.1) is 6.04 Å². The summed E-state index contributed by atoms with van der Waals surface area (Å²) in [6, 6.07) is 15.3. The van der Waals surface area contributed by atoms with Crippen molar-refractivity contribution in [2.75, 3.05) is 0 Å². The molecule has 2 aromatic carbocycles. The fraction of sp³-hybridized carbons (Fsp3) is 0.111. The van der Waals surface area contributed by atoms with E-state index in [4.69, 9.17) is 11.6 Å². The van der Waals surface area contributed by atoms with Gasteiger partial charge in [0.15, 0.2) is 5.78 Å². The number of benzene rings is 2.